The first-order valence-corrected chi connectivity index (χ1v) is 5.94. The van der Waals surface area contributed by atoms with Crippen molar-refractivity contribution in [1.82, 2.24) is 0 Å². The SMILES string of the molecule is CC(C)(SCC1(O)CCCC1)C(=O)O. The molecule has 4 heteroatoms. The Morgan fingerprint density at radius 3 is 2.36 bits per heavy atom. The first kappa shape index (κ1) is 11.9. The quantitative estimate of drug-likeness (QED) is 0.756. The Morgan fingerprint density at radius 2 is 1.93 bits per heavy atom. The number of thioether (sulfide) groups is 1. The van der Waals surface area contributed by atoms with Crippen LogP contribution in [0.15, 0.2) is 0 Å². The molecule has 0 radical (unpaired) electrons. The minimum absolute atomic E-state index is 0.534. The average Bonchev–Trinajstić information content (AvgIpc) is 2.50. The number of carbonyl (C=O) groups is 1. The van der Waals surface area contributed by atoms with Crippen molar-refractivity contribution < 1.29 is 15.0 Å². The van der Waals surface area contributed by atoms with Crippen molar-refractivity contribution in [2.24, 2.45) is 0 Å². The van der Waals surface area contributed by atoms with E-state index in [1.54, 1.807) is 13.8 Å². The minimum atomic E-state index is -0.816. The summed E-state index contributed by atoms with van der Waals surface area (Å²) in [5, 5.41) is 18.9. The number of aliphatic hydroxyl groups is 1. The summed E-state index contributed by atoms with van der Waals surface area (Å²) in [7, 11) is 0. The van der Waals surface area contributed by atoms with Crippen molar-refractivity contribution in [2.45, 2.75) is 49.9 Å². The maximum atomic E-state index is 10.8. The van der Waals surface area contributed by atoms with E-state index in [-0.39, 0.29) is 0 Å². The van der Waals surface area contributed by atoms with E-state index in [0.717, 1.165) is 25.7 Å². The molecule has 0 bridgehead atoms. The number of rotatable bonds is 4. The maximum Gasteiger partial charge on any atom is 0.319 e. The smallest absolute Gasteiger partial charge is 0.319 e. The van der Waals surface area contributed by atoms with E-state index in [0.29, 0.717) is 5.75 Å². The summed E-state index contributed by atoms with van der Waals surface area (Å²) in [6, 6.07) is 0. The van der Waals surface area contributed by atoms with E-state index in [2.05, 4.69) is 0 Å². The largest absolute Gasteiger partial charge is 0.480 e. The zero-order valence-electron chi connectivity index (χ0n) is 8.75. The van der Waals surface area contributed by atoms with Gasteiger partial charge in [-0.2, -0.15) is 0 Å². The van der Waals surface area contributed by atoms with E-state index in [9.17, 15) is 9.90 Å². The first-order chi connectivity index (χ1) is 6.36. The topological polar surface area (TPSA) is 57.5 Å². The molecule has 0 aromatic heterocycles. The summed E-state index contributed by atoms with van der Waals surface area (Å²) in [6.45, 7) is 3.36. The molecule has 2 N–H and O–H groups in total. The molecule has 0 spiro atoms. The molecule has 3 nitrogen and oxygen atoms in total. The summed E-state index contributed by atoms with van der Waals surface area (Å²) in [4.78, 5) is 10.8. The van der Waals surface area contributed by atoms with Gasteiger partial charge in [-0.1, -0.05) is 12.8 Å². The highest BCUT2D eigenvalue weighted by atomic mass is 32.2. The third-order valence-electron chi connectivity index (χ3n) is 2.75. The number of hydrogen-bond acceptors (Lipinski definition) is 3. The summed E-state index contributed by atoms with van der Waals surface area (Å²) < 4.78 is -0.793. The Balaban J connectivity index is 2.43. The van der Waals surface area contributed by atoms with Gasteiger partial charge in [0.05, 0.1) is 5.60 Å². The van der Waals surface area contributed by atoms with E-state index in [1.807, 2.05) is 0 Å². The fourth-order valence-corrected chi connectivity index (χ4v) is 2.60. The minimum Gasteiger partial charge on any atom is -0.480 e. The van der Waals surface area contributed by atoms with Crippen molar-refractivity contribution in [3.05, 3.63) is 0 Å². The van der Waals surface area contributed by atoms with Crippen molar-refractivity contribution in [1.29, 1.82) is 0 Å². The van der Waals surface area contributed by atoms with Crippen molar-refractivity contribution in [3.63, 3.8) is 0 Å². The van der Waals surface area contributed by atoms with Crippen LogP contribution in [-0.2, 0) is 4.79 Å². The molecule has 0 saturated heterocycles. The molecular formula is C10H18O3S. The highest BCUT2D eigenvalue weighted by molar-refractivity contribution is 8.01. The van der Waals surface area contributed by atoms with Crippen molar-refractivity contribution in [3.8, 4) is 0 Å². The maximum absolute atomic E-state index is 10.8. The molecule has 1 aliphatic carbocycles. The predicted octanol–water partition coefficient (Wildman–Crippen LogP) is 1.89. The molecule has 0 aromatic carbocycles. The Kier molecular flexibility index (Phi) is 3.48. The van der Waals surface area contributed by atoms with Crippen LogP contribution in [-0.4, -0.2) is 32.3 Å². The van der Waals surface area contributed by atoms with Gasteiger partial charge in [0.2, 0.25) is 0 Å². The molecule has 14 heavy (non-hydrogen) atoms. The Bertz CT molecular complexity index is 219. The summed E-state index contributed by atoms with van der Waals surface area (Å²) in [5.41, 5.74) is -0.614. The van der Waals surface area contributed by atoms with Crippen LogP contribution in [0.4, 0.5) is 0 Å². The van der Waals surface area contributed by atoms with Gasteiger partial charge in [-0.3, -0.25) is 4.79 Å². The van der Waals surface area contributed by atoms with Crippen LogP contribution in [0.1, 0.15) is 39.5 Å². The average molecular weight is 218 g/mol. The molecule has 1 rings (SSSR count). The van der Waals surface area contributed by atoms with E-state index in [1.165, 1.54) is 11.8 Å². The van der Waals surface area contributed by atoms with E-state index >= 15 is 0 Å². The second-order valence-electron chi connectivity index (χ2n) is 4.54. The van der Waals surface area contributed by atoms with Crippen LogP contribution >= 0.6 is 11.8 Å². The number of hydrogen-bond donors (Lipinski definition) is 2. The van der Waals surface area contributed by atoms with Gasteiger partial charge in [0.15, 0.2) is 0 Å². The van der Waals surface area contributed by atoms with E-state index in [4.69, 9.17) is 5.11 Å². The fraction of sp³-hybridized carbons (Fsp3) is 0.900. The summed E-state index contributed by atoms with van der Waals surface area (Å²) in [5.74, 6) is -0.282. The van der Waals surface area contributed by atoms with Gasteiger partial charge in [-0.05, 0) is 26.7 Å². The van der Waals surface area contributed by atoms with Crippen LogP contribution in [0.3, 0.4) is 0 Å². The van der Waals surface area contributed by atoms with Gasteiger partial charge < -0.3 is 10.2 Å². The van der Waals surface area contributed by atoms with Gasteiger partial charge in [0, 0.05) is 5.75 Å². The highest BCUT2D eigenvalue weighted by Gasteiger charge is 2.36. The third-order valence-corrected chi connectivity index (χ3v) is 4.33. The molecule has 0 unspecified atom stereocenters. The number of carboxylic acid groups (broad SMARTS) is 1. The second kappa shape index (κ2) is 4.11. The lowest BCUT2D eigenvalue weighted by Crippen LogP contribution is -2.34. The lowest BCUT2D eigenvalue weighted by Gasteiger charge is -2.26. The lowest BCUT2D eigenvalue weighted by molar-refractivity contribution is -0.138. The number of carboxylic acids is 1. The zero-order chi connectivity index (χ0) is 10.8. The van der Waals surface area contributed by atoms with Crippen LogP contribution in [0.2, 0.25) is 0 Å². The highest BCUT2D eigenvalue weighted by Crippen LogP contribution is 2.36. The zero-order valence-corrected chi connectivity index (χ0v) is 9.56. The Morgan fingerprint density at radius 1 is 1.43 bits per heavy atom. The van der Waals surface area contributed by atoms with Gasteiger partial charge in [-0.15, -0.1) is 11.8 Å². The normalized spacial score (nSPS) is 21.1. The molecule has 0 aliphatic heterocycles. The van der Waals surface area contributed by atoms with Crippen molar-refractivity contribution in [2.75, 3.05) is 5.75 Å². The number of aliphatic carboxylic acids is 1. The molecule has 1 saturated carbocycles. The third kappa shape index (κ3) is 2.89. The van der Waals surface area contributed by atoms with Gasteiger partial charge in [0.25, 0.3) is 0 Å². The molecule has 0 atom stereocenters. The summed E-state index contributed by atoms with van der Waals surface area (Å²) >= 11 is 1.33. The lowest BCUT2D eigenvalue weighted by atomic mass is 10.1. The van der Waals surface area contributed by atoms with Gasteiger partial charge >= 0.3 is 5.97 Å². The molecule has 1 fully saturated rings. The van der Waals surface area contributed by atoms with Crippen LogP contribution in [0.5, 0.6) is 0 Å². The molecule has 0 amide bonds. The van der Waals surface area contributed by atoms with Gasteiger partial charge in [0.1, 0.15) is 4.75 Å². The summed E-state index contributed by atoms with van der Waals surface area (Å²) in [6.07, 6.45) is 3.75. The van der Waals surface area contributed by atoms with Crippen molar-refractivity contribution >= 4 is 17.7 Å². The second-order valence-corrected chi connectivity index (χ2v) is 6.13. The predicted molar refractivity (Wildman–Crippen MR) is 57.6 cm³/mol. The molecule has 0 aromatic rings. The molecular weight excluding hydrogens is 200 g/mol. The standard InChI is InChI=1S/C10H18O3S/c1-9(2,8(11)12)14-7-10(13)5-3-4-6-10/h13H,3-7H2,1-2H3,(H,11,12). The first-order valence-electron chi connectivity index (χ1n) is 4.95. The van der Waals surface area contributed by atoms with Crippen LogP contribution in [0, 0.1) is 0 Å². The van der Waals surface area contributed by atoms with Crippen LogP contribution in [0.25, 0.3) is 0 Å². The molecule has 82 valence electrons. The fourth-order valence-electron chi connectivity index (χ4n) is 1.55. The Hall–Kier alpha value is -0.220. The van der Waals surface area contributed by atoms with Crippen LogP contribution < -0.4 is 0 Å². The van der Waals surface area contributed by atoms with E-state index < -0.39 is 16.3 Å². The molecule has 0 heterocycles. The molecule has 1 aliphatic rings. The Labute approximate surface area is 88.9 Å². The monoisotopic (exact) mass is 218 g/mol. The van der Waals surface area contributed by atoms with Gasteiger partial charge in [-0.25, -0.2) is 0 Å².